The van der Waals surface area contributed by atoms with E-state index in [4.69, 9.17) is 14.2 Å². The van der Waals surface area contributed by atoms with Gasteiger partial charge in [-0.1, -0.05) is 142 Å². The number of carbonyl (C=O) groups is 1. The van der Waals surface area contributed by atoms with Crippen molar-refractivity contribution in [1.29, 1.82) is 0 Å². The van der Waals surface area contributed by atoms with E-state index in [1.54, 1.807) is 0 Å². The summed E-state index contributed by atoms with van der Waals surface area (Å²) < 4.78 is 16.9. The second-order valence-corrected chi connectivity index (χ2v) is 16.1. The first-order valence-corrected chi connectivity index (χ1v) is 21.4. The van der Waals surface area contributed by atoms with Gasteiger partial charge in [-0.15, -0.1) is 0 Å². The van der Waals surface area contributed by atoms with E-state index in [1.165, 1.54) is 122 Å². The predicted molar refractivity (Wildman–Crippen MR) is 200 cm³/mol. The van der Waals surface area contributed by atoms with Crippen molar-refractivity contribution in [3.8, 4) is 0 Å². The first kappa shape index (κ1) is 44.5. The van der Waals surface area contributed by atoms with E-state index < -0.39 is 49.5 Å². The van der Waals surface area contributed by atoms with Gasteiger partial charge < -0.3 is 45.1 Å². The topological polar surface area (TPSA) is 161 Å². The van der Waals surface area contributed by atoms with Gasteiger partial charge in [0, 0.05) is 6.42 Å². The molecule has 3 fully saturated rings. The maximum absolute atomic E-state index is 12.9. The molecule has 3 rings (SSSR count). The second-order valence-electron chi connectivity index (χ2n) is 16.1. The van der Waals surface area contributed by atoms with Crippen LogP contribution in [0.25, 0.3) is 0 Å². The SMILES string of the molecule is CCCCCCCCCCCCCCC[C@@H](O)[C@H](COC1OC(CO)C(O)C(O)C1O)NC(=O)CCCCCCCCCC[C@H]1CC[C@H]2O[C@H]2C1. The van der Waals surface area contributed by atoms with Gasteiger partial charge in [-0.2, -0.15) is 0 Å². The molecule has 51 heavy (non-hydrogen) atoms. The number of aliphatic hydroxyl groups is 5. The van der Waals surface area contributed by atoms with Crippen LogP contribution < -0.4 is 5.32 Å². The van der Waals surface area contributed by atoms with Crippen molar-refractivity contribution in [2.24, 2.45) is 5.92 Å². The number of amides is 1. The van der Waals surface area contributed by atoms with Crippen LogP contribution in [-0.2, 0) is 19.0 Å². The van der Waals surface area contributed by atoms with E-state index >= 15 is 0 Å². The third-order valence-electron chi connectivity index (χ3n) is 11.6. The van der Waals surface area contributed by atoms with Crippen LogP contribution in [0.1, 0.15) is 180 Å². The highest BCUT2D eigenvalue weighted by atomic mass is 16.7. The summed E-state index contributed by atoms with van der Waals surface area (Å²) in [5.74, 6) is 0.728. The molecule has 0 spiro atoms. The Hall–Kier alpha value is -0.850. The van der Waals surface area contributed by atoms with Crippen LogP contribution in [0.5, 0.6) is 0 Å². The summed E-state index contributed by atoms with van der Waals surface area (Å²) in [4.78, 5) is 12.9. The zero-order valence-electron chi connectivity index (χ0n) is 32.1. The lowest BCUT2D eigenvalue weighted by Gasteiger charge is -2.40. The molecule has 2 heterocycles. The van der Waals surface area contributed by atoms with Crippen molar-refractivity contribution in [2.45, 2.75) is 235 Å². The zero-order chi connectivity index (χ0) is 36.7. The molecule has 0 radical (unpaired) electrons. The Bertz CT molecular complexity index is 878. The number of fused-ring (bicyclic) bond motifs is 1. The van der Waals surface area contributed by atoms with Crippen LogP contribution in [0.15, 0.2) is 0 Å². The van der Waals surface area contributed by atoms with Crippen molar-refractivity contribution in [1.82, 2.24) is 5.32 Å². The highest BCUT2D eigenvalue weighted by molar-refractivity contribution is 5.76. The van der Waals surface area contributed by atoms with Gasteiger partial charge >= 0.3 is 0 Å². The van der Waals surface area contributed by atoms with Gasteiger partial charge in [0.2, 0.25) is 5.91 Å². The summed E-state index contributed by atoms with van der Waals surface area (Å²) in [6, 6.07) is -0.714. The molecule has 1 aliphatic carbocycles. The molecule has 3 aliphatic rings. The van der Waals surface area contributed by atoms with Gasteiger partial charge in [0.25, 0.3) is 0 Å². The molecule has 10 atom stereocenters. The van der Waals surface area contributed by atoms with Crippen LogP contribution in [0.2, 0.25) is 0 Å². The largest absolute Gasteiger partial charge is 0.394 e. The van der Waals surface area contributed by atoms with E-state index in [1.807, 2.05) is 0 Å². The Morgan fingerprint density at radius 2 is 1.27 bits per heavy atom. The van der Waals surface area contributed by atoms with Gasteiger partial charge in [-0.3, -0.25) is 4.79 Å². The summed E-state index contributed by atoms with van der Waals surface area (Å²) in [6.45, 7) is 1.56. The van der Waals surface area contributed by atoms with Crippen LogP contribution >= 0.6 is 0 Å². The van der Waals surface area contributed by atoms with Crippen LogP contribution in [0, 0.1) is 5.92 Å². The van der Waals surface area contributed by atoms with E-state index in [0.717, 1.165) is 44.4 Å². The molecule has 0 aromatic rings. The highest BCUT2D eigenvalue weighted by Gasteiger charge is 2.45. The number of hydrogen-bond donors (Lipinski definition) is 6. The lowest BCUT2D eigenvalue weighted by molar-refractivity contribution is -0.302. The molecule has 0 aromatic heterocycles. The second kappa shape index (κ2) is 26.8. The lowest BCUT2D eigenvalue weighted by Crippen LogP contribution is -2.60. The summed E-state index contributed by atoms with van der Waals surface area (Å²) in [5.41, 5.74) is 0. The lowest BCUT2D eigenvalue weighted by atomic mass is 9.85. The fourth-order valence-electron chi connectivity index (χ4n) is 8.03. The first-order chi connectivity index (χ1) is 24.8. The first-order valence-electron chi connectivity index (χ1n) is 21.4. The van der Waals surface area contributed by atoms with Gasteiger partial charge in [0.15, 0.2) is 6.29 Å². The average molecular weight is 728 g/mol. The third kappa shape index (κ3) is 18.4. The maximum Gasteiger partial charge on any atom is 0.220 e. The number of ether oxygens (including phenoxy) is 3. The smallest absolute Gasteiger partial charge is 0.220 e. The van der Waals surface area contributed by atoms with Gasteiger partial charge in [-0.05, 0) is 38.0 Å². The standard InChI is InChI=1S/C41H77NO9/c1-2-3-4-5-6-7-8-9-10-11-15-18-21-24-33(44)32(30-49-41-40(48)39(47)38(46)36(29-43)51-41)42-37(45)25-22-19-16-13-12-14-17-20-23-31-26-27-34-35(28-31)50-34/h31-36,38-41,43-44,46-48H,2-30H2,1H3,(H,42,45)/t31-,32-,33+,34+,35-,36?,38?,39?,40?,41?/m0/s1. The number of hydrogen-bond acceptors (Lipinski definition) is 9. The van der Waals surface area contributed by atoms with Crippen molar-refractivity contribution in [2.75, 3.05) is 13.2 Å². The number of aliphatic hydroxyl groups excluding tert-OH is 5. The van der Waals surface area contributed by atoms with Gasteiger partial charge in [0.1, 0.15) is 24.4 Å². The summed E-state index contributed by atoms with van der Waals surface area (Å²) in [5, 5.41) is 54.2. The number of epoxide rings is 1. The summed E-state index contributed by atoms with van der Waals surface area (Å²) in [7, 11) is 0. The van der Waals surface area contributed by atoms with E-state index in [2.05, 4.69) is 12.2 Å². The number of unbranched alkanes of at least 4 members (excludes halogenated alkanes) is 19. The molecule has 0 aromatic carbocycles. The highest BCUT2D eigenvalue weighted by Crippen LogP contribution is 2.41. The fraction of sp³-hybridized carbons (Fsp3) is 0.976. The van der Waals surface area contributed by atoms with Crippen molar-refractivity contribution in [3.63, 3.8) is 0 Å². The molecule has 10 nitrogen and oxygen atoms in total. The Kier molecular flexibility index (Phi) is 23.4. The molecule has 1 amide bonds. The molecule has 2 saturated heterocycles. The molecule has 10 heteroatoms. The van der Waals surface area contributed by atoms with Crippen molar-refractivity contribution in [3.05, 3.63) is 0 Å². The molecule has 6 N–H and O–H groups in total. The molecule has 2 aliphatic heterocycles. The average Bonchev–Trinajstić information content (AvgIpc) is 3.91. The number of carbonyl (C=O) groups excluding carboxylic acids is 1. The molecular formula is C41H77NO9. The Morgan fingerprint density at radius 1 is 0.706 bits per heavy atom. The minimum Gasteiger partial charge on any atom is -0.394 e. The Balaban J connectivity index is 1.28. The number of rotatable bonds is 31. The number of nitrogens with one attached hydrogen (secondary N) is 1. The Morgan fingerprint density at radius 3 is 1.86 bits per heavy atom. The quantitative estimate of drug-likeness (QED) is 0.0342. The van der Waals surface area contributed by atoms with Crippen LogP contribution in [-0.4, -0.2) is 99.7 Å². The molecule has 0 bridgehead atoms. The maximum atomic E-state index is 12.9. The summed E-state index contributed by atoms with van der Waals surface area (Å²) >= 11 is 0. The van der Waals surface area contributed by atoms with Crippen LogP contribution in [0.3, 0.4) is 0 Å². The fourth-order valence-corrected chi connectivity index (χ4v) is 8.03. The zero-order valence-corrected chi connectivity index (χ0v) is 32.1. The van der Waals surface area contributed by atoms with Crippen LogP contribution in [0.4, 0.5) is 0 Å². The monoisotopic (exact) mass is 728 g/mol. The predicted octanol–water partition coefficient (Wildman–Crippen LogP) is 6.60. The minimum atomic E-state index is -1.55. The van der Waals surface area contributed by atoms with Crippen molar-refractivity contribution >= 4 is 5.91 Å². The molecule has 1 saturated carbocycles. The van der Waals surface area contributed by atoms with E-state index in [-0.39, 0.29) is 12.5 Å². The molecule has 5 unspecified atom stereocenters. The Labute approximate surface area is 309 Å². The molecule has 300 valence electrons. The minimum absolute atomic E-state index is 0.135. The normalized spacial score (nSPS) is 28.7. The molecular weight excluding hydrogens is 650 g/mol. The van der Waals surface area contributed by atoms with Gasteiger partial charge in [0.05, 0.1) is 37.6 Å². The van der Waals surface area contributed by atoms with Gasteiger partial charge in [-0.25, -0.2) is 0 Å². The van der Waals surface area contributed by atoms with E-state index in [0.29, 0.717) is 25.0 Å². The summed E-state index contributed by atoms with van der Waals surface area (Å²) in [6.07, 6.45) is 24.8. The van der Waals surface area contributed by atoms with E-state index in [9.17, 15) is 30.3 Å². The third-order valence-corrected chi connectivity index (χ3v) is 11.6. The van der Waals surface area contributed by atoms with Crippen molar-refractivity contribution < 1.29 is 44.5 Å².